The van der Waals surface area contributed by atoms with Crippen molar-refractivity contribution in [2.45, 2.75) is 39.8 Å². The first-order chi connectivity index (χ1) is 24.2. The van der Waals surface area contributed by atoms with E-state index in [-0.39, 0.29) is 36.3 Å². The van der Waals surface area contributed by atoms with Crippen molar-refractivity contribution in [2.24, 2.45) is 0 Å². The summed E-state index contributed by atoms with van der Waals surface area (Å²) in [5.41, 5.74) is 8.18. The Labute approximate surface area is 290 Å². The molecule has 0 bridgehead atoms. The van der Waals surface area contributed by atoms with E-state index in [9.17, 15) is 14.4 Å². The number of aryl methyl sites for hydroxylation is 1. The Morgan fingerprint density at radius 2 is 1.54 bits per heavy atom. The normalized spacial score (nSPS) is 11.2. The molecule has 0 unspecified atom stereocenters. The molecule has 4 N–H and O–H groups in total. The van der Waals surface area contributed by atoms with Crippen molar-refractivity contribution in [3.63, 3.8) is 0 Å². The van der Waals surface area contributed by atoms with Crippen molar-refractivity contribution in [2.75, 3.05) is 72.2 Å². The number of aromatic amines is 1. The highest BCUT2D eigenvalue weighted by atomic mass is 16.6. The highest BCUT2D eigenvalue weighted by Crippen LogP contribution is 2.21. The molecule has 4 rings (SSSR count). The molecule has 3 aromatic heterocycles. The van der Waals surface area contributed by atoms with Gasteiger partial charge in [0.2, 0.25) is 17.7 Å². The zero-order valence-electron chi connectivity index (χ0n) is 28.8. The number of nitrogens with zero attached hydrogens (tertiary/aromatic N) is 5. The highest BCUT2D eigenvalue weighted by Gasteiger charge is 2.14. The molecule has 0 aliphatic rings. The molecular weight excluding hydrogens is 648 g/mol. The van der Waals surface area contributed by atoms with Crippen LogP contribution in [0.15, 0.2) is 47.4 Å². The molecule has 0 spiro atoms. The molecule has 270 valence electrons. The molecule has 0 saturated heterocycles. The molecule has 50 heavy (non-hydrogen) atoms. The van der Waals surface area contributed by atoms with Crippen LogP contribution in [0, 0.1) is 6.92 Å². The number of benzene rings is 1. The number of carbonyl (C=O) groups excluding carboxylic acids is 2. The fourth-order valence-corrected chi connectivity index (χ4v) is 4.70. The van der Waals surface area contributed by atoms with Gasteiger partial charge in [0, 0.05) is 38.8 Å². The first-order valence-corrected chi connectivity index (χ1v) is 16.5. The van der Waals surface area contributed by atoms with Crippen LogP contribution in [-0.4, -0.2) is 108 Å². The number of aromatic nitrogens is 5. The SMILES string of the molecule is CCC(=O)NCCOCCOCCOCCOCCC(=O)N(C)Cc1ccc(Oc2ccc(Cn3c(=O)[nH]c4c(N)nc(C)nc43)cn2)cc1. The predicted octanol–water partition coefficient (Wildman–Crippen LogP) is 2.19. The zero-order valence-corrected chi connectivity index (χ0v) is 28.8. The van der Waals surface area contributed by atoms with Gasteiger partial charge in [-0.05, 0) is 30.2 Å². The second-order valence-electron chi connectivity index (χ2n) is 11.3. The predicted molar refractivity (Wildman–Crippen MR) is 185 cm³/mol. The fraction of sp³-hybridized carbons (Fsp3) is 0.471. The van der Waals surface area contributed by atoms with E-state index < -0.39 is 0 Å². The average Bonchev–Trinajstić information content (AvgIpc) is 3.42. The standard InChI is InChI=1S/C34H46N8O8/c1-4-28(43)36-12-14-47-16-18-49-20-19-48-17-15-46-13-11-30(44)41(3)22-25-5-8-27(9-6-25)50-29-10-7-26(21-37-29)23-42-33-31(40-34(42)45)32(35)38-24(2)39-33/h5-10,21H,4,11-20,22-23H2,1-3H3,(H,36,43)(H,40,45)(H2,35,38,39). The number of imidazole rings is 1. The number of ether oxygens (including phenoxy) is 5. The molecular formula is C34H46N8O8. The van der Waals surface area contributed by atoms with Gasteiger partial charge in [-0.25, -0.2) is 19.7 Å². The van der Waals surface area contributed by atoms with Crippen LogP contribution in [0.2, 0.25) is 0 Å². The highest BCUT2D eigenvalue weighted by molar-refractivity contribution is 5.81. The molecule has 0 atom stereocenters. The Bertz CT molecular complexity index is 1710. The molecule has 3 heterocycles. The minimum Gasteiger partial charge on any atom is -0.439 e. The van der Waals surface area contributed by atoms with E-state index in [1.807, 2.05) is 30.3 Å². The maximum absolute atomic E-state index is 12.6. The lowest BCUT2D eigenvalue weighted by molar-refractivity contribution is -0.131. The largest absolute Gasteiger partial charge is 0.439 e. The van der Waals surface area contributed by atoms with E-state index >= 15 is 0 Å². The lowest BCUT2D eigenvalue weighted by Gasteiger charge is -2.17. The van der Waals surface area contributed by atoms with Crippen LogP contribution in [0.3, 0.4) is 0 Å². The van der Waals surface area contributed by atoms with Gasteiger partial charge in [0.05, 0.1) is 65.8 Å². The second-order valence-corrected chi connectivity index (χ2v) is 11.3. The Morgan fingerprint density at radius 1 is 0.900 bits per heavy atom. The maximum atomic E-state index is 12.6. The number of hydrogen-bond donors (Lipinski definition) is 3. The van der Waals surface area contributed by atoms with Crippen LogP contribution < -0.4 is 21.5 Å². The smallest absolute Gasteiger partial charge is 0.328 e. The first-order valence-electron chi connectivity index (χ1n) is 16.5. The number of anilines is 1. The molecule has 4 aromatic rings. The number of nitrogens with two attached hydrogens (primary N) is 1. The maximum Gasteiger partial charge on any atom is 0.328 e. The number of fused-ring (bicyclic) bond motifs is 1. The first kappa shape index (κ1) is 37.9. The van der Waals surface area contributed by atoms with Gasteiger partial charge in [0.1, 0.15) is 17.1 Å². The van der Waals surface area contributed by atoms with E-state index in [1.54, 1.807) is 38.1 Å². The molecule has 0 fully saturated rings. The third-order valence-corrected chi connectivity index (χ3v) is 7.36. The third-order valence-electron chi connectivity index (χ3n) is 7.36. The number of H-pyrrole nitrogens is 1. The minimum atomic E-state index is -0.334. The summed E-state index contributed by atoms with van der Waals surface area (Å²) in [6.07, 6.45) is 2.37. The molecule has 0 radical (unpaired) electrons. The van der Waals surface area contributed by atoms with Gasteiger partial charge in [-0.2, -0.15) is 0 Å². The average molecular weight is 695 g/mol. The van der Waals surface area contributed by atoms with Crippen LogP contribution in [0.5, 0.6) is 11.6 Å². The summed E-state index contributed by atoms with van der Waals surface area (Å²) in [5.74, 6) is 1.68. The molecule has 2 amide bonds. The molecule has 0 aliphatic carbocycles. The number of nitrogens with one attached hydrogen (secondary N) is 2. The summed E-state index contributed by atoms with van der Waals surface area (Å²) in [7, 11) is 1.75. The van der Waals surface area contributed by atoms with Gasteiger partial charge in [0.15, 0.2) is 11.5 Å². The summed E-state index contributed by atoms with van der Waals surface area (Å²) < 4.78 is 29.2. The Morgan fingerprint density at radius 3 is 2.18 bits per heavy atom. The topological polar surface area (TPSA) is 198 Å². The summed E-state index contributed by atoms with van der Waals surface area (Å²) in [5, 5.41) is 2.74. The van der Waals surface area contributed by atoms with Gasteiger partial charge in [-0.15, -0.1) is 0 Å². The number of nitrogen functional groups attached to an aromatic ring is 1. The monoisotopic (exact) mass is 694 g/mol. The van der Waals surface area contributed by atoms with E-state index in [0.29, 0.717) is 101 Å². The fourth-order valence-electron chi connectivity index (χ4n) is 4.70. The van der Waals surface area contributed by atoms with Crippen LogP contribution in [0.4, 0.5) is 5.82 Å². The van der Waals surface area contributed by atoms with Gasteiger partial charge in [-0.1, -0.05) is 25.1 Å². The lowest BCUT2D eigenvalue weighted by atomic mass is 10.2. The van der Waals surface area contributed by atoms with Crippen molar-refractivity contribution in [1.82, 2.24) is 34.7 Å². The number of carbonyl (C=O) groups is 2. The van der Waals surface area contributed by atoms with Gasteiger partial charge >= 0.3 is 5.69 Å². The lowest BCUT2D eigenvalue weighted by Crippen LogP contribution is -2.27. The molecule has 1 aromatic carbocycles. The van der Waals surface area contributed by atoms with Crippen LogP contribution >= 0.6 is 0 Å². The summed E-state index contributed by atoms with van der Waals surface area (Å²) >= 11 is 0. The third kappa shape index (κ3) is 12.2. The van der Waals surface area contributed by atoms with E-state index in [1.165, 1.54) is 4.57 Å². The van der Waals surface area contributed by atoms with Crippen molar-refractivity contribution >= 4 is 28.8 Å². The zero-order chi connectivity index (χ0) is 35.7. The minimum absolute atomic E-state index is 0.00901. The Hall–Kier alpha value is -4.90. The van der Waals surface area contributed by atoms with Crippen molar-refractivity contribution < 1.29 is 33.3 Å². The molecule has 16 heteroatoms. The number of hydrogen-bond acceptors (Lipinski definition) is 12. The van der Waals surface area contributed by atoms with Crippen LogP contribution in [-0.2, 0) is 41.6 Å². The van der Waals surface area contributed by atoms with Gasteiger partial charge in [0.25, 0.3) is 0 Å². The van der Waals surface area contributed by atoms with Gasteiger partial charge < -0.3 is 44.6 Å². The van der Waals surface area contributed by atoms with E-state index in [0.717, 1.165) is 11.1 Å². The molecule has 0 saturated carbocycles. The summed E-state index contributed by atoms with van der Waals surface area (Å²) in [4.78, 5) is 53.4. The summed E-state index contributed by atoms with van der Waals surface area (Å²) in [6.45, 7) is 8.05. The van der Waals surface area contributed by atoms with Crippen LogP contribution in [0.25, 0.3) is 11.2 Å². The number of rotatable bonds is 22. The quantitative estimate of drug-likeness (QED) is 0.102. The number of pyridine rings is 1. The molecule has 0 aliphatic heterocycles. The van der Waals surface area contributed by atoms with Gasteiger partial charge in [-0.3, -0.25) is 14.2 Å². The Balaban J connectivity index is 1.06. The van der Waals surface area contributed by atoms with Crippen molar-refractivity contribution in [3.05, 3.63) is 70.0 Å². The second kappa shape index (κ2) is 19.9. The molecule has 16 nitrogen and oxygen atoms in total. The van der Waals surface area contributed by atoms with E-state index in [4.69, 9.17) is 29.4 Å². The van der Waals surface area contributed by atoms with E-state index in [2.05, 4.69) is 25.3 Å². The number of amides is 2. The summed E-state index contributed by atoms with van der Waals surface area (Å²) in [6, 6.07) is 11.0. The van der Waals surface area contributed by atoms with Crippen LogP contribution in [0.1, 0.15) is 36.7 Å². The van der Waals surface area contributed by atoms with Crippen molar-refractivity contribution in [1.29, 1.82) is 0 Å². The Kier molecular flexibility index (Phi) is 15.1. The van der Waals surface area contributed by atoms with Crippen molar-refractivity contribution in [3.8, 4) is 11.6 Å².